The van der Waals surface area contributed by atoms with Gasteiger partial charge < -0.3 is 15.4 Å². The molecule has 2 N–H and O–H groups in total. The summed E-state index contributed by atoms with van der Waals surface area (Å²) in [5.41, 5.74) is 0.410. The second-order valence-electron chi connectivity index (χ2n) is 7.01. The van der Waals surface area contributed by atoms with Crippen LogP contribution in [0.1, 0.15) is 37.4 Å². The number of imide groups is 1. The van der Waals surface area contributed by atoms with E-state index in [2.05, 4.69) is 10.6 Å². The summed E-state index contributed by atoms with van der Waals surface area (Å²) in [4.78, 5) is 39.1. The lowest BCUT2D eigenvalue weighted by molar-refractivity contribution is -0.135. The number of rotatable bonds is 7. The van der Waals surface area contributed by atoms with Crippen LogP contribution in [0.5, 0.6) is 5.75 Å². The van der Waals surface area contributed by atoms with Crippen LogP contribution in [-0.4, -0.2) is 36.4 Å². The minimum atomic E-state index is -1.19. The average Bonchev–Trinajstić information content (AvgIpc) is 2.99. The Labute approximate surface area is 170 Å². The number of ether oxygens (including phenoxy) is 1. The Morgan fingerprint density at radius 2 is 1.79 bits per heavy atom. The van der Waals surface area contributed by atoms with E-state index in [4.69, 9.17) is 4.74 Å². The molecule has 0 bridgehead atoms. The molecule has 2 atom stereocenters. The van der Waals surface area contributed by atoms with Crippen molar-refractivity contribution >= 4 is 17.8 Å². The van der Waals surface area contributed by atoms with Gasteiger partial charge in [-0.2, -0.15) is 0 Å². The first-order valence-electron chi connectivity index (χ1n) is 9.54. The van der Waals surface area contributed by atoms with Crippen LogP contribution in [-0.2, 0) is 15.1 Å². The third kappa shape index (κ3) is 3.94. The molecule has 1 saturated heterocycles. The fraction of sp³-hybridized carbons (Fsp3) is 0.318. The molecule has 0 radical (unpaired) electrons. The van der Waals surface area contributed by atoms with Crippen molar-refractivity contribution < 1.29 is 19.1 Å². The summed E-state index contributed by atoms with van der Waals surface area (Å²) in [7, 11) is 1.56. The third-order valence-corrected chi connectivity index (χ3v) is 5.27. The summed E-state index contributed by atoms with van der Waals surface area (Å²) in [6, 6.07) is 15.7. The molecule has 1 heterocycles. The first kappa shape index (κ1) is 20.4. The maximum absolute atomic E-state index is 13.1. The van der Waals surface area contributed by atoms with Crippen LogP contribution in [0.15, 0.2) is 54.6 Å². The van der Waals surface area contributed by atoms with Gasteiger partial charge in [0.25, 0.3) is 5.91 Å². The number of hydrogen-bond donors (Lipinski definition) is 2. The quantitative estimate of drug-likeness (QED) is 0.706. The van der Waals surface area contributed by atoms with Crippen LogP contribution in [0, 0.1) is 0 Å². The van der Waals surface area contributed by atoms with Crippen molar-refractivity contribution in [2.24, 2.45) is 0 Å². The number of methoxy groups -OCH3 is 1. The number of nitrogens with one attached hydrogen (secondary N) is 2. The van der Waals surface area contributed by atoms with E-state index in [0.717, 1.165) is 10.5 Å². The highest BCUT2D eigenvalue weighted by atomic mass is 16.5. The predicted molar refractivity (Wildman–Crippen MR) is 108 cm³/mol. The highest BCUT2D eigenvalue weighted by molar-refractivity contribution is 6.09. The Balaban J connectivity index is 1.74. The van der Waals surface area contributed by atoms with Gasteiger partial charge in [-0.05, 0) is 36.6 Å². The van der Waals surface area contributed by atoms with E-state index in [1.807, 2.05) is 44.2 Å². The molecule has 4 amide bonds. The van der Waals surface area contributed by atoms with Crippen LogP contribution < -0.4 is 15.4 Å². The summed E-state index contributed by atoms with van der Waals surface area (Å²) < 4.78 is 5.16. The summed E-state index contributed by atoms with van der Waals surface area (Å²) in [6.07, 6.45) is 0.364. The number of carbonyl (C=O) groups is 3. The van der Waals surface area contributed by atoms with Crippen molar-refractivity contribution in [3.8, 4) is 5.75 Å². The topological polar surface area (TPSA) is 87.7 Å². The number of benzene rings is 2. The van der Waals surface area contributed by atoms with Gasteiger partial charge in [-0.25, -0.2) is 4.79 Å². The van der Waals surface area contributed by atoms with Crippen LogP contribution in [0.3, 0.4) is 0 Å². The highest BCUT2D eigenvalue weighted by Crippen LogP contribution is 2.33. The summed E-state index contributed by atoms with van der Waals surface area (Å²) in [5.74, 6) is -0.174. The van der Waals surface area contributed by atoms with Gasteiger partial charge in [0.1, 0.15) is 17.8 Å². The SMILES string of the molecule is CC[C@]1(c2ccc(OC)cc2)NC(=O)N(CC(=O)N[C@H](C)c2ccccc2)C1=O. The molecule has 0 saturated carbocycles. The largest absolute Gasteiger partial charge is 0.497 e. The Morgan fingerprint density at radius 1 is 1.14 bits per heavy atom. The molecule has 29 heavy (non-hydrogen) atoms. The molecule has 0 aliphatic carbocycles. The van der Waals surface area contributed by atoms with Gasteiger partial charge in [-0.3, -0.25) is 14.5 Å². The van der Waals surface area contributed by atoms with E-state index in [0.29, 0.717) is 17.7 Å². The fourth-order valence-electron chi connectivity index (χ4n) is 3.54. The maximum Gasteiger partial charge on any atom is 0.325 e. The van der Waals surface area contributed by atoms with E-state index in [1.165, 1.54) is 0 Å². The molecule has 0 aromatic heterocycles. The molecule has 1 aliphatic rings. The molecule has 2 aromatic rings. The maximum atomic E-state index is 13.1. The Hall–Kier alpha value is -3.35. The van der Waals surface area contributed by atoms with Crippen LogP contribution in [0.4, 0.5) is 4.79 Å². The normalized spacial score (nSPS) is 19.6. The first-order valence-corrected chi connectivity index (χ1v) is 9.54. The van der Waals surface area contributed by atoms with Gasteiger partial charge in [-0.15, -0.1) is 0 Å². The van der Waals surface area contributed by atoms with Gasteiger partial charge in [0, 0.05) is 0 Å². The average molecular weight is 395 g/mol. The fourth-order valence-corrected chi connectivity index (χ4v) is 3.54. The smallest absolute Gasteiger partial charge is 0.325 e. The van der Waals surface area contributed by atoms with Crippen molar-refractivity contribution in [1.29, 1.82) is 0 Å². The Kier molecular flexibility index (Phi) is 5.87. The van der Waals surface area contributed by atoms with Crippen molar-refractivity contribution in [2.45, 2.75) is 31.8 Å². The zero-order valence-electron chi connectivity index (χ0n) is 16.8. The number of amides is 4. The molecule has 1 fully saturated rings. The van der Waals surface area contributed by atoms with Crippen molar-refractivity contribution in [1.82, 2.24) is 15.5 Å². The molecule has 1 aliphatic heterocycles. The van der Waals surface area contributed by atoms with Crippen molar-refractivity contribution in [3.63, 3.8) is 0 Å². The summed E-state index contributed by atoms with van der Waals surface area (Å²) in [5, 5.41) is 5.61. The van der Waals surface area contributed by atoms with Crippen molar-refractivity contribution in [2.75, 3.05) is 13.7 Å². The van der Waals surface area contributed by atoms with E-state index in [-0.39, 0.29) is 12.6 Å². The van der Waals surface area contributed by atoms with Gasteiger partial charge >= 0.3 is 6.03 Å². The Morgan fingerprint density at radius 3 is 2.38 bits per heavy atom. The molecule has 7 heteroatoms. The van der Waals surface area contributed by atoms with Crippen LogP contribution >= 0.6 is 0 Å². The van der Waals surface area contributed by atoms with E-state index in [1.54, 1.807) is 31.4 Å². The molecule has 7 nitrogen and oxygen atoms in total. The minimum Gasteiger partial charge on any atom is -0.497 e. The zero-order chi connectivity index (χ0) is 21.0. The van der Waals surface area contributed by atoms with Crippen molar-refractivity contribution in [3.05, 3.63) is 65.7 Å². The van der Waals surface area contributed by atoms with Gasteiger partial charge in [0.15, 0.2) is 0 Å². The van der Waals surface area contributed by atoms with E-state index in [9.17, 15) is 14.4 Å². The van der Waals surface area contributed by atoms with Crippen LogP contribution in [0.25, 0.3) is 0 Å². The lowest BCUT2D eigenvalue weighted by Gasteiger charge is -2.26. The van der Waals surface area contributed by atoms with Gasteiger partial charge in [-0.1, -0.05) is 49.4 Å². The minimum absolute atomic E-state index is 0.234. The standard InChI is InChI=1S/C22H25N3O4/c1-4-22(17-10-12-18(29-3)13-11-17)20(27)25(21(28)24-22)14-19(26)23-15(2)16-8-6-5-7-9-16/h5-13,15H,4,14H2,1-3H3,(H,23,26)(H,24,28)/t15-,22-/m1/s1. The summed E-state index contributed by atoms with van der Waals surface area (Å²) in [6.45, 7) is 3.34. The molecule has 152 valence electrons. The Bertz CT molecular complexity index is 898. The van der Waals surface area contributed by atoms with E-state index < -0.39 is 23.4 Å². The molecule has 2 aromatic carbocycles. The van der Waals surface area contributed by atoms with E-state index >= 15 is 0 Å². The zero-order valence-corrected chi connectivity index (χ0v) is 16.8. The number of carbonyl (C=O) groups excluding carboxylic acids is 3. The first-order chi connectivity index (χ1) is 13.9. The van der Waals surface area contributed by atoms with Crippen LogP contribution in [0.2, 0.25) is 0 Å². The molecule has 0 spiro atoms. The highest BCUT2D eigenvalue weighted by Gasteiger charge is 2.51. The summed E-state index contributed by atoms with van der Waals surface area (Å²) >= 11 is 0. The predicted octanol–water partition coefficient (Wildman–Crippen LogP) is 2.73. The lowest BCUT2D eigenvalue weighted by Crippen LogP contribution is -2.45. The second kappa shape index (κ2) is 8.34. The number of urea groups is 1. The van der Waals surface area contributed by atoms with Gasteiger partial charge in [0.2, 0.25) is 5.91 Å². The lowest BCUT2D eigenvalue weighted by atomic mass is 9.87. The number of hydrogen-bond acceptors (Lipinski definition) is 4. The molecule has 3 rings (SSSR count). The number of nitrogens with zero attached hydrogens (tertiary/aromatic N) is 1. The monoisotopic (exact) mass is 395 g/mol. The molecular formula is C22H25N3O4. The second-order valence-corrected chi connectivity index (χ2v) is 7.01. The third-order valence-electron chi connectivity index (χ3n) is 5.27. The van der Waals surface area contributed by atoms with Gasteiger partial charge in [0.05, 0.1) is 13.2 Å². The molecule has 0 unspecified atom stereocenters. The molecular weight excluding hydrogens is 370 g/mol.